The number of rotatable bonds is 10. The highest BCUT2D eigenvalue weighted by atomic mass is 16.7. The third-order valence-corrected chi connectivity index (χ3v) is 6.37. The van der Waals surface area contributed by atoms with Gasteiger partial charge in [-0.15, -0.1) is 0 Å². The topological polar surface area (TPSA) is 145 Å². The number of benzene rings is 3. The number of nitrogens with one attached hydrogen (secondary N) is 2. The molecular weight excluding hydrogens is 500 g/mol. The molecule has 2 N–H and O–H groups in total. The number of hydrogen-bond acceptors (Lipinski definition) is 9. The average molecular weight is 527 g/mol. The van der Waals surface area contributed by atoms with E-state index >= 15 is 0 Å². The smallest absolute Gasteiger partial charge is 0.434 e. The largest absolute Gasteiger partial charge is 0.509 e. The second-order valence-corrected chi connectivity index (χ2v) is 9.09. The van der Waals surface area contributed by atoms with Crippen molar-refractivity contribution in [3.63, 3.8) is 0 Å². The summed E-state index contributed by atoms with van der Waals surface area (Å²) in [7, 11) is 0. The zero-order valence-electron chi connectivity index (χ0n) is 21.1. The molecule has 39 heavy (non-hydrogen) atoms. The number of H-pyrrole nitrogens is 1. The van der Waals surface area contributed by atoms with E-state index < -0.39 is 17.2 Å². The molecule has 5 aromatic rings. The number of para-hydroxylation sites is 1. The Labute approximate surface area is 223 Å². The molecule has 0 saturated heterocycles. The van der Waals surface area contributed by atoms with Gasteiger partial charge in [0.15, 0.2) is 17.6 Å². The Morgan fingerprint density at radius 1 is 1.03 bits per heavy atom. The molecule has 198 valence electrons. The Hall–Kier alpha value is -5.06. The van der Waals surface area contributed by atoms with Gasteiger partial charge in [-0.2, -0.15) is 0 Å². The summed E-state index contributed by atoms with van der Waals surface area (Å²) in [6.07, 6.45) is 1.75. The lowest BCUT2D eigenvalue weighted by atomic mass is 9.95. The van der Waals surface area contributed by atoms with Crippen LogP contribution in [0.2, 0.25) is 0 Å². The third kappa shape index (κ3) is 5.77. The predicted molar refractivity (Wildman–Crippen MR) is 145 cm³/mol. The quantitative estimate of drug-likeness (QED) is 0.131. The fraction of sp³-hybridized carbons (Fsp3) is 0.214. The van der Waals surface area contributed by atoms with Gasteiger partial charge in [-0.3, -0.25) is 10.1 Å². The number of hydrogen-bond donors (Lipinski definition) is 2. The van der Waals surface area contributed by atoms with E-state index in [1.54, 1.807) is 30.6 Å². The van der Waals surface area contributed by atoms with Crippen molar-refractivity contribution in [2.24, 2.45) is 5.92 Å². The van der Waals surface area contributed by atoms with E-state index in [9.17, 15) is 14.9 Å². The minimum Gasteiger partial charge on any atom is -0.434 e. The molecule has 0 aliphatic carbocycles. The van der Waals surface area contributed by atoms with Gasteiger partial charge in [0.2, 0.25) is 0 Å². The van der Waals surface area contributed by atoms with E-state index in [2.05, 4.69) is 25.3 Å². The zero-order valence-corrected chi connectivity index (χ0v) is 21.1. The van der Waals surface area contributed by atoms with Crippen LogP contribution in [0, 0.1) is 16.0 Å². The number of aromatic nitrogens is 4. The molecule has 2 unspecified atom stereocenters. The van der Waals surface area contributed by atoms with Gasteiger partial charge in [0.1, 0.15) is 11.8 Å². The van der Waals surface area contributed by atoms with Gasteiger partial charge in [0.05, 0.1) is 23.4 Å². The molecule has 11 heteroatoms. The van der Waals surface area contributed by atoms with Crippen molar-refractivity contribution in [1.82, 2.24) is 19.9 Å². The molecule has 0 saturated carbocycles. The van der Waals surface area contributed by atoms with Crippen molar-refractivity contribution in [1.29, 1.82) is 0 Å². The molecule has 0 radical (unpaired) electrons. The first-order valence-electron chi connectivity index (χ1n) is 12.4. The zero-order chi connectivity index (χ0) is 27.2. The first-order chi connectivity index (χ1) is 19.0. The number of carbonyl (C=O) groups is 1. The van der Waals surface area contributed by atoms with E-state index in [-0.39, 0.29) is 23.8 Å². The first-order valence-corrected chi connectivity index (χ1v) is 12.4. The second-order valence-electron chi connectivity index (χ2n) is 9.09. The normalized spacial score (nSPS) is 12.6. The minimum atomic E-state index is -1.03. The van der Waals surface area contributed by atoms with Crippen LogP contribution in [0.1, 0.15) is 30.6 Å². The van der Waals surface area contributed by atoms with Gasteiger partial charge >= 0.3 is 6.16 Å². The van der Waals surface area contributed by atoms with Crippen molar-refractivity contribution < 1.29 is 19.2 Å². The van der Waals surface area contributed by atoms with Crippen molar-refractivity contribution >= 4 is 39.6 Å². The highest BCUT2D eigenvalue weighted by Gasteiger charge is 2.29. The summed E-state index contributed by atoms with van der Waals surface area (Å²) in [5.41, 5.74) is 2.05. The van der Waals surface area contributed by atoms with Gasteiger partial charge in [-0.25, -0.2) is 19.7 Å². The van der Waals surface area contributed by atoms with E-state index in [0.29, 0.717) is 30.0 Å². The van der Waals surface area contributed by atoms with Crippen LogP contribution in [-0.4, -0.2) is 44.2 Å². The lowest BCUT2D eigenvalue weighted by Gasteiger charge is -2.21. The average Bonchev–Trinajstić information content (AvgIpc) is 3.44. The molecule has 0 amide bonds. The minimum absolute atomic E-state index is 0.00575. The Morgan fingerprint density at radius 2 is 1.79 bits per heavy atom. The summed E-state index contributed by atoms with van der Waals surface area (Å²) < 4.78 is 11.2. The molecule has 11 nitrogen and oxygen atoms in total. The number of aromatic amines is 1. The van der Waals surface area contributed by atoms with Crippen LogP contribution in [-0.2, 0) is 9.47 Å². The standard InChI is InChI=1S/C28H26N6O5/c1-18(13-14-29-26-24-27(31-16-30-24)33-17-32-26)15-38-28(35)39-25(22-10-4-5-12-23(22)34(36)37)21-11-6-8-19-7-2-3-9-20(19)21/h2-12,16-18,25H,13-15H2,1H3,(H2,29,30,31,32,33). The number of nitro groups is 1. The Kier molecular flexibility index (Phi) is 7.58. The first kappa shape index (κ1) is 25.6. The van der Waals surface area contributed by atoms with E-state index in [0.717, 1.165) is 16.3 Å². The summed E-state index contributed by atoms with van der Waals surface area (Å²) in [5, 5.41) is 16.8. The lowest BCUT2D eigenvalue weighted by molar-refractivity contribution is -0.386. The highest BCUT2D eigenvalue weighted by Crippen LogP contribution is 2.36. The monoisotopic (exact) mass is 526 g/mol. The molecule has 0 spiro atoms. The van der Waals surface area contributed by atoms with Gasteiger partial charge in [-0.05, 0) is 29.2 Å². The fourth-order valence-corrected chi connectivity index (χ4v) is 4.41. The summed E-state index contributed by atoms with van der Waals surface area (Å²) in [4.78, 5) is 39.6. The fourth-order valence-electron chi connectivity index (χ4n) is 4.41. The number of imidazole rings is 1. The number of ether oxygens (including phenoxy) is 2. The molecular formula is C28H26N6O5. The van der Waals surface area contributed by atoms with Crippen molar-refractivity contribution in [3.8, 4) is 0 Å². The number of nitro benzene ring substituents is 1. The van der Waals surface area contributed by atoms with Crippen LogP contribution in [0.3, 0.4) is 0 Å². The molecule has 0 fully saturated rings. The van der Waals surface area contributed by atoms with Gasteiger partial charge in [0.25, 0.3) is 5.69 Å². The molecule has 3 aromatic carbocycles. The van der Waals surface area contributed by atoms with Crippen LogP contribution in [0.5, 0.6) is 0 Å². The van der Waals surface area contributed by atoms with Crippen molar-refractivity contribution in [3.05, 3.63) is 101 Å². The number of carbonyl (C=O) groups excluding carboxylic acids is 1. The maximum atomic E-state index is 12.9. The predicted octanol–water partition coefficient (Wildman–Crippen LogP) is 5.80. The third-order valence-electron chi connectivity index (χ3n) is 6.37. The van der Waals surface area contributed by atoms with Crippen LogP contribution < -0.4 is 5.32 Å². The van der Waals surface area contributed by atoms with Crippen LogP contribution >= 0.6 is 0 Å². The van der Waals surface area contributed by atoms with E-state index in [1.807, 2.05) is 43.3 Å². The number of anilines is 1. The number of fused-ring (bicyclic) bond motifs is 2. The van der Waals surface area contributed by atoms with E-state index in [1.165, 1.54) is 12.4 Å². The lowest BCUT2D eigenvalue weighted by Crippen LogP contribution is -2.19. The molecule has 0 aliphatic heterocycles. The molecule has 0 bridgehead atoms. The highest BCUT2D eigenvalue weighted by molar-refractivity contribution is 5.87. The Bertz CT molecular complexity index is 1620. The van der Waals surface area contributed by atoms with Crippen molar-refractivity contribution in [2.75, 3.05) is 18.5 Å². The van der Waals surface area contributed by atoms with Gasteiger partial charge < -0.3 is 19.8 Å². The second kappa shape index (κ2) is 11.5. The molecule has 2 atom stereocenters. The molecule has 5 rings (SSSR count). The van der Waals surface area contributed by atoms with Gasteiger partial charge in [-0.1, -0.05) is 61.5 Å². The Morgan fingerprint density at radius 3 is 2.67 bits per heavy atom. The van der Waals surface area contributed by atoms with Crippen LogP contribution in [0.4, 0.5) is 16.3 Å². The summed E-state index contributed by atoms with van der Waals surface area (Å²) in [5.74, 6) is 0.652. The van der Waals surface area contributed by atoms with Crippen molar-refractivity contribution in [2.45, 2.75) is 19.4 Å². The van der Waals surface area contributed by atoms with E-state index in [4.69, 9.17) is 9.47 Å². The number of nitrogens with zero attached hydrogens (tertiary/aromatic N) is 4. The maximum Gasteiger partial charge on any atom is 0.509 e. The summed E-state index contributed by atoms with van der Waals surface area (Å²) in [6.45, 7) is 2.65. The maximum absolute atomic E-state index is 12.9. The van der Waals surface area contributed by atoms with Crippen LogP contribution in [0.15, 0.2) is 79.4 Å². The summed E-state index contributed by atoms with van der Waals surface area (Å²) >= 11 is 0. The molecule has 0 aliphatic rings. The molecule has 2 aromatic heterocycles. The SMILES string of the molecule is CC(CCNc1ncnc2nc[nH]c12)COC(=O)OC(c1ccccc1[N+](=O)[O-])c1cccc2ccccc12. The Balaban J connectivity index is 1.27. The van der Waals surface area contributed by atoms with Gasteiger partial charge in [0, 0.05) is 18.2 Å². The van der Waals surface area contributed by atoms with Crippen LogP contribution in [0.25, 0.3) is 21.9 Å². The molecule has 2 heterocycles. The summed E-state index contributed by atoms with van der Waals surface area (Å²) in [6, 6.07) is 19.4.